The van der Waals surface area contributed by atoms with Crippen LogP contribution < -0.4 is 37.9 Å². The van der Waals surface area contributed by atoms with Gasteiger partial charge in [0.2, 0.25) is 11.7 Å². The summed E-state index contributed by atoms with van der Waals surface area (Å²) in [5.74, 6) is -4.77. The molecule has 3 amide bonds. The number of carboxylic acids is 1. The largest absolute Gasteiger partial charge is 0.494 e. The maximum absolute atomic E-state index is 14.9. The third kappa shape index (κ3) is 12.5. The first-order valence-corrected chi connectivity index (χ1v) is 19.2. The lowest BCUT2D eigenvalue weighted by Crippen LogP contribution is -2.49. The van der Waals surface area contributed by atoms with E-state index in [1.54, 1.807) is 29.7 Å². The summed E-state index contributed by atoms with van der Waals surface area (Å²) in [5, 5.41) is 18.8. The van der Waals surface area contributed by atoms with Crippen LogP contribution in [0.15, 0.2) is 53.9 Å². The zero-order chi connectivity index (χ0) is 43.8. The van der Waals surface area contributed by atoms with Gasteiger partial charge < -0.3 is 47.7 Å². The van der Waals surface area contributed by atoms with Gasteiger partial charge in [0.05, 0.1) is 38.8 Å². The smallest absolute Gasteiger partial charge is 0.320 e. The molecule has 4 aromatic rings. The first-order chi connectivity index (χ1) is 28.8. The number of imidazole rings is 1. The molecule has 0 fully saturated rings. The standard InChI is InChI=1S/C39H51F2N11O8/c1-4-23-21-24(49-34-35-48-22-29(51(35)17-15-45-34)26-10-12-30(58-3)33(41)32(26)40)8-9-25(23)36(54)46-16-18-59-19-20-60-52(5-2)37(55)28(7-6-14-47-39(43)44)50-31(53)13-11-27(42)38(56)57/h8-10,12,15,17,21-22,27-28H,4-7,11,13-14,16,18-20,42H2,1-3H3,(H,45,49)(H,46,54)(H,50,53)(H,56,57)(H4,43,44,47)/t27-,28-/m0/s1. The predicted molar refractivity (Wildman–Crippen MR) is 217 cm³/mol. The predicted octanol–water partition coefficient (Wildman–Crippen LogP) is 2.25. The molecule has 2 atom stereocenters. The van der Waals surface area contributed by atoms with Crippen LogP contribution in [0.4, 0.5) is 20.3 Å². The fraction of sp³-hybridized carbons (Fsp3) is 0.410. The lowest BCUT2D eigenvalue weighted by molar-refractivity contribution is -0.192. The van der Waals surface area contributed by atoms with Gasteiger partial charge in [-0.2, -0.15) is 4.39 Å². The highest BCUT2D eigenvalue weighted by atomic mass is 19.2. The van der Waals surface area contributed by atoms with Crippen LogP contribution in [-0.2, 0) is 30.4 Å². The van der Waals surface area contributed by atoms with Gasteiger partial charge in [-0.1, -0.05) is 6.92 Å². The molecule has 0 unspecified atom stereocenters. The van der Waals surface area contributed by atoms with Gasteiger partial charge in [0, 0.05) is 55.3 Å². The van der Waals surface area contributed by atoms with Gasteiger partial charge >= 0.3 is 5.97 Å². The second-order valence-electron chi connectivity index (χ2n) is 13.2. The molecule has 4 rings (SSSR count). The molecule has 60 heavy (non-hydrogen) atoms. The van der Waals surface area contributed by atoms with E-state index in [1.807, 2.05) is 13.0 Å². The van der Waals surface area contributed by atoms with Crippen molar-refractivity contribution in [3.63, 3.8) is 0 Å². The van der Waals surface area contributed by atoms with Gasteiger partial charge in [0.15, 0.2) is 29.0 Å². The highest BCUT2D eigenvalue weighted by Gasteiger charge is 2.27. The van der Waals surface area contributed by atoms with E-state index < -0.39 is 41.5 Å². The summed E-state index contributed by atoms with van der Waals surface area (Å²) in [6, 6.07) is 5.74. The summed E-state index contributed by atoms with van der Waals surface area (Å²) >= 11 is 0. The number of nitrogens with zero attached hydrogens (tertiary/aromatic N) is 5. The van der Waals surface area contributed by atoms with Crippen molar-refractivity contribution >= 4 is 46.8 Å². The number of carboxylic acid groups (broad SMARTS) is 1. The zero-order valence-corrected chi connectivity index (χ0v) is 33.6. The van der Waals surface area contributed by atoms with E-state index >= 15 is 0 Å². The first-order valence-electron chi connectivity index (χ1n) is 19.2. The maximum atomic E-state index is 14.9. The molecular formula is C39H51F2N11O8. The quantitative estimate of drug-likeness (QED) is 0.0231. The molecule has 0 spiro atoms. The monoisotopic (exact) mass is 839 g/mol. The van der Waals surface area contributed by atoms with Crippen molar-refractivity contribution in [2.24, 2.45) is 22.2 Å². The number of rotatable bonds is 24. The minimum Gasteiger partial charge on any atom is -0.494 e. The number of hydroxylamine groups is 2. The van der Waals surface area contributed by atoms with Crippen molar-refractivity contribution in [1.82, 2.24) is 30.1 Å². The Morgan fingerprint density at radius 2 is 1.82 bits per heavy atom. The van der Waals surface area contributed by atoms with Crippen LogP contribution in [-0.4, -0.2) is 113 Å². The summed E-state index contributed by atoms with van der Waals surface area (Å²) in [7, 11) is 1.25. The van der Waals surface area contributed by atoms with Gasteiger partial charge in [-0.15, -0.1) is 0 Å². The molecule has 0 aliphatic carbocycles. The van der Waals surface area contributed by atoms with Crippen LogP contribution >= 0.6 is 0 Å². The van der Waals surface area contributed by atoms with Crippen molar-refractivity contribution in [1.29, 1.82) is 0 Å². The van der Waals surface area contributed by atoms with Crippen LogP contribution in [0.5, 0.6) is 5.75 Å². The Bertz CT molecular complexity index is 2150. The molecule has 324 valence electrons. The fourth-order valence-electron chi connectivity index (χ4n) is 5.98. The van der Waals surface area contributed by atoms with Crippen LogP contribution in [0.25, 0.3) is 16.9 Å². The highest BCUT2D eigenvalue weighted by molar-refractivity contribution is 5.96. The van der Waals surface area contributed by atoms with Crippen molar-refractivity contribution < 1.29 is 47.4 Å². The zero-order valence-electron chi connectivity index (χ0n) is 33.6. The van der Waals surface area contributed by atoms with Crippen molar-refractivity contribution in [2.75, 3.05) is 51.9 Å². The summed E-state index contributed by atoms with van der Waals surface area (Å²) < 4.78 is 41.5. The molecule has 0 aliphatic rings. The van der Waals surface area contributed by atoms with E-state index in [0.717, 1.165) is 10.6 Å². The highest BCUT2D eigenvalue weighted by Crippen LogP contribution is 2.31. The topological polar surface area (TPSA) is 276 Å². The Morgan fingerprint density at radius 1 is 1.03 bits per heavy atom. The van der Waals surface area contributed by atoms with Crippen LogP contribution in [0, 0.1) is 11.6 Å². The van der Waals surface area contributed by atoms with Gasteiger partial charge in [-0.05, 0) is 68.5 Å². The Labute approximate surface area is 344 Å². The number of carbonyl (C=O) groups is 4. The number of fused-ring (bicyclic) bond motifs is 1. The number of nitrogens with one attached hydrogen (secondary N) is 3. The summed E-state index contributed by atoms with van der Waals surface area (Å²) in [4.78, 5) is 68.3. The Morgan fingerprint density at radius 3 is 2.52 bits per heavy atom. The van der Waals surface area contributed by atoms with Gasteiger partial charge in [-0.3, -0.25) is 33.4 Å². The SMILES string of the molecule is CCc1cc(Nc2nccn3c(-c4ccc(OC)c(F)c4F)cnc23)ccc1C(=O)NCCOCCON(CC)C(=O)[C@H](CCCN=C(N)N)NC(=O)CC[C@H](N)C(=O)O. The maximum Gasteiger partial charge on any atom is 0.320 e. The molecule has 21 heteroatoms. The number of nitrogens with two attached hydrogens (primary N) is 3. The number of hydrogen-bond acceptors (Lipinski definition) is 12. The minimum atomic E-state index is -1.24. The molecule has 2 aromatic carbocycles. The average Bonchev–Trinajstić information content (AvgIpc) is 3.67. The van der Waals surface area contributed by atoms with Gasteiger partial charge in [-0.25, -0.2) is 19.4 Å². The number of aliphatic carboxylic acids is 1. The number of carbonyl (C=O) groups excluding carboxylic acids is 3. The Kier molecular flexibility index (Phi) is 17.4. The number of amides is 3. The van der Waals surface area contributed by atoms with Crippen molar-refractivity contribution in [3.05, 3.63) is 71.7 Å². The van der Waals surface area contributed by atoms with E-state index in [0.29, 0.717) is 41.3 Å². The van der Waals surface area contributed by atoms with Crippen LogP contribution in [0.2, 0.25) is 0 Å². The molecule has 0 bridgehead atoms. The summed E-state index contributed by atoms with van der Waals surface area (Å²) in [6.45, 7) is 4.37. The van der Waals surface area contributed by atoms with Gasteiger partial charge in [0.1, 0.15) is 12.1 Å². The fourth-order valence-corrected chi connectivity index (χ4v) is 5.98. The Balaban J connectivity index is 1.27. The molecule has 2 heterocycles. The number of halogens is 2. The van der Waals surface area contributed by atoms with E-state index in [4.69, 9.17) is 36.6 Å². The van der Waals surface area contributed by atoms with Crippen molar-refractivity contribution in [2.45, 2.75) is 58.0 Å². The van der Waals surface area contributed by atoms with E-state index in [-0.39, 0.29) is 81.9 Å². The lowest BCUT2D eigenvalue weighted by atomic mass is 10.0. The number of guanidine groups is 1. The first kappa shape index (κ1) is 46.2. The molecule has 0 saturated carbocycles. The molecular weight excluding hydrogens is 788 g/mol. The number of aromatic nitrogens is 3. The number of ether oxygens (including phenoxy) is 2. The third-order valence-corrected chi connectivity index (χ3v) is 9.08. The second kappa shape index (κ2) is 22.6. The average molecular weight is 840 g/mol. The molecule has 0 saturated heterocycles. The normalized spacial score (nSPS) is 12.0. The van der Waals surface area contributed by atoms with Crippen molar-refractivity contribution in [3.8, 4) is 17.0 Å². The molecule has 0 radical (unpaired) electrons. The van der Waals surface area contributed by atoms with Gasteiger partial charge in [0.25, 0.3) is 11.8 Å². The number of aryl methyl sites for hydroxylation is 1. The van der Waals surface area contributed by atoms with Crippen LogP contribution in [0.1, 0.15) is 55.5 Å². The van der Waals surface area contributed by atoms with Crippen LogP contribution in [0.3, 0.4) is 0 Å². The minimum absolute atomic E-state index is 0.00243. The number of methoxy groups -OCH3 is 1. The lowest BCUT2D eigenvalue weighted by Gasteiger charge is -2.26. The molecule has 19 nitrogen and oxygen atoms in total. The number of benzene rings is 2. The molecule has 10 N–H and O–H groups in total. The Hall–Kier alpha value is -6.45. The number of aliphatic imine (C=N–C) groups is 1. The second-order valence-corrected chi connectivity index (χ2v) is 13.2. The summed E-state index contributed by atoms with van der Waals surface area (Å²) in [6.07, 6.45) is 5.27. The summed E-state index contributed by atoms with van der Waals surface area (Å²) in [5.41, 5.74) is 18.7. The number of likely N-dealkylation sites (N-methyl/N-ethyl adjacent to an activating group) is 1. The van der Waals surface area contributed by atoms with E-state index in [2.05, 4.69) is 30.9 Å². The van der Waals surface area contributed by atoms with E-state index in [1.165, 1.54) is 31.6 Å². The van der Waals surface area contributed by atoms with E-state index in [9.17, 15) is 28.0 Å². The molecule has 0 aliphatic heterocycles. The number of anilines is 2. The number of hydrogen-bond donors (Lipinski definition) is 7. The molecule has 2 aromatic heterocycles. The third-order valence-electron chi connectivity index (χ3n) is 9.08.